The molecule has 28 heavy (non-hydrogen) atoms. The van der Waals surface area contributed by atoms with Crippen LogP contribution in [0.25, 0.3) is 0 Å². The molecule has 0 radical (unpaired) electrons. The van der Waals surface area contributed by atoms with E-state index in [4.69, 9.17) is 9.47 Å². The molecule has 4 N–H and O–H groups in total. The van der Waals surface area contributed by atoms with Crippen molar-refractivity contribution in [1.82, 2.24) is 16.3 Å². The number of methoxy groups -OCH3 is 1. The van der Waals surface area contributed by atoms with Crippen LogP contribution >= 0.6 is 0 Å². The number of aromatic hydroxyl groups is 1. The third kappa shape index (κ3) is 4.79. The zero-order valence-electron chi connectivity index (χ0n) is 15.8. The molecule has 0 aliphatic carbocycles. The highest BCUT2D eigenvalue weighted by Gasteiger charge is 2.30. The van der Waals surface area contributed by atoms with Gasteiger partial charge < -0.3 is 14.6 Å². The molecule has 8 nitrogen and oxygen atoms in total. The van der Waals surface area contributed by atoms with Gasteiger partial charge in [0.05, 0.1) is 19.9 Å². The van der Waals surface area contributed by atoms with Crippen molar-refractivity contribution in [1.29, 1.82) is 0 Å². The Kier molecular flexibility index (Phi) is 6.46. The van der Waals surface area contributed by atoms with Gasteiger partial charge in [-0.3, -0.25) is 4.79 Å². The molecule has 2 aromatic carbocycles. The van der Waals surface area contributed by atoms with Crippen LogP contribution in [0.5, 0.6) is 17.2 Å². The zero-order valence-corrected chi connectivity index (χ0v) is 15.8. The van der Waals surface area contributed by atoms with Gasteiger partial charge in [0.1, 0.15) is 11.8 Å². The molecule has 1 amide bonds. The first-order valence-corrected chi connectivity index (χ1v) is 9.04. The summed E-state index contributed by atoms with van der Waals surface area (Å²) in [5.41, 5.74) is 10.4. The maximum atomic E-state index is 12.3. The minimum Gasteiger partial charge on any atom is -0.504 e. The Balaban J connectivity index is 1.54. The fourth-order valence-electron chi connectivity index (χ4n) is 2.91. The smallest absolute Gasteiger partial charge is 0.258 e. The average Bonchev–Trinajstić information content (AvgIpc) is 3.21. The third-order valence-corrected chi connectivity index (χ3v) is 4.41. The number of benzene rings is 2. The van der Waals surface area contributed by atoms with Gasteiger partial charge in [0, 0.05) is 6.04 Å². The van der Waals surface area contributed by atoms with Crippen LogP contribution in [0, 0.1) is 0 Å². The van der Waals surface area contributed by atoms with E-state index in [9.17, 15) is 9.90 Å². The number of nitrogens with zero attached hydrogens (tertiary/aromatic N) is 1. The molecule has 3 rings (SSSR count). The van der Waals surface area contributed by atoms with Crippen molar-refractivity contribution in [3.05, 3.63) is 53.6 Å². The fraction of sp³-hybridized carbons (Fsp3) is 0.300. The van der Waals surface area contributed by atoms with Crippen LogP contribution in [0.4, 0.5) is 0 Å². The van der Waals surface area contributed by atoms with Crippen LogP contribution in [0.1, 0.15) is 30.5 Å². The number of carbonyl (C=O) groups is 1. The van der Waals surface area contributed by atoms with Crippen LogP contribution in [-0.4, -0.2) is 37.0 Å². The van der Waals surface area contributed by atoms with E-state index < -0.39 is 6.04 Å². The van der Waals surface area contributed by atoms with Crippen molar-refractivity contribution >= 4 is 12.1 Å². The molecule has 0 aromatic heterocycles. The molecule has 1 aliphatic rings. The highest BCUT2D eigenvalue weighted by molar-refractivity contribution is 5.85. The summed E-state index contributed by atoms with van der Waals surface area (Å²) in [4.78, 5) is 12.3. The number of phenolic OH excluding ortho intramolecular Hbond substituents is 1. The standard InChI is InChI=1S/C20H24N4O4/c1-3-28-19-10-13(4-9-18(19)25)12-21-24-20(26)17-11-16(22-23-17)14-5-7-15(27-2)8-6-14/h4-10,12,16-17,22-23,25H,3,11H2,1-2H3,(H,24,26)/b21-12+. The maximum absolute atomic E-state index is 12.3. The first-order valence-electron chi connectivity index (χ1n) is 9.04. The molecule has 0 bridgehead atoms. The van der Waals surface area contributed by atoms with E-state index >= 15 is 0 Å². The predicted molar refractivity (Wildman–Crippen MR) is 105 cm³/mol. The van der Waals surface area contributed by atoms with Crippen LogP contribution in [-0.2, 0) is 4.79 Å². The topological polar surface area (TPSA) is 104 Å². The minimum atomic E-state index is -0.400. The highest BCUT2D eigenvalue weighted by atomic mass is 16.5. The minimum absolute atomic E-state index is 0.0245. The second-order valence-corrected chi connectivity index (χ2v) is 6.30. The van der Waals surface area contributed by atoms with E-state index in [-0.39, 0.29) is 17.7 Å². The first kappa shape index (κ1) is 19.7. The Morgan fingerprint density at radius 2 is 2.07 bits per heavy atom. The van der Waals surface area contributed by atoms with Gasteiger partial charge in [-0.05, 0) is 54.8 Å². The van der Waals surface area contributed by atoms with Crippen molar-refractivity contribution in [3.63, 3.8) is 0 Å². The largest absolute Gasteiger partial charge is 0.504 e. The molecule has 2 atom stereocenters. The molecule has 0 spiro atoms. The summed E-state index contributed by atoms with van der Waals surface area (Å²) in [7, 11) is 1.63. The molecule has 1 fully saturated rings. The van der Waals surface area contributed by atoms with Crippen molar-refractivity contribution in [2.45, 2.75) is 25.4 Å². The molecular formula is C20H24N4O4. The SMILES string of the molecule is CCOc1cc(/C=N/NC(=O)C2CC(c3ccc(OC)cc3)NN2)ccc1O. The summed E-state index contributed by atoms with van der Waals surface area (Å²) < 4.78 is 10.5. The zero-order chi connectivity index (χ0) is 19.9. The van der Waals surface area contributed by atoms with Gasteiger partial charge in [-0.15, -0.1) is 0 Å². The lowest BCUT2D eigenvalue weighted by Gasteiger charge is -2.10. The molecule has 8 heteroatoms. The number of nitrogens with one attached hydrogen (secondary N) is 3. The summed E-state index contributed by atoms with van der Waals surface area (Å²) >= 11 is 0. The first-order chi connectivity index (χ1) is 13.6. The van der Waals surface area contributed by atoms with E-state index in [0.717, 1.165) is 11.3 Å². The molecule has 1 heterocycles. The van der Waals surface area contributed by atoms with Crippen molar-refractivity contribution in [2.24, 2.45) is 5.10 Å². The maximum Gasteiger partial charge on any atom is 0.258 e. The predicted octanol–water partition coefficient (Wildman–Crippen LogP) is 1.86. The van der Waals surface area contributed by atoms with E-state index in [1.165, 1.54) is 12.3 Å². The Labute approximate surface area is 163 Å². The van der Waals surface area contributed by atoms with E-state index in [2.05, 4.69) is 21.4 Å². The van der Waals surface area contributed by atoms with E-state index in [0.29, 0.717) is 24.3 Å². The average molecular weight is 384 g/mol. The molecule has 1 saturated heterocycles. The number of hydrogen-bond acceptors (Lipinski definition) is 7. The van der Waals surface area contributed by atoms with Gasteiger partial charge in [0.25, 0.3) is 5.91 Å². The summed E-state index contributed by atoms with van der Waals surface area (Å²) in [5.74, 6) is 0.999. The van der Waals surface area contributed by atoms with Gasteiger partial charge in [-0.1, -0.05) is 12.1 Å². The third-order valence-electron chi connectivity index (χ3n) is 4.41. The summed E-state index contributed by atoms with van der Waals surface area (Å²) in [5, 5.41) is 13.7. The number of hydrazone groups is 1. The number of phenols is 1. The molecule has 148 valence electrons. The lowest BCUT2D eigenvalue weighted by molar-refractivity contribution is -0.122. The van der Waals surface area contributed by atoms with Crippen LogP contribution in [0.3, 0.4) is 0 Å². The Bertz CT molecular complexity index is 839. The second-order valence-electron chi connectivity index (χ2n) is 6.30. The molecule has 1 aliphatic heterocycles. The number of ether oxygens (including phenoxy) is 2. The quantitative estimate of drug-likeness (QED) is 0.429. The van der Waals surface area contributed by atoms with Crippen molar-refractivity contribution < 1.29 is 19.4 Å². The molecule has 2 unspecified atom stereocenters. The fourth-order valence-corrected chi connectivity index (χ4v) is 2.91. The van der Waals surface area contributed by atoms with Gasteiger partial charge in [-0.2, -0.15) is 5.10 Å². The van der Waals surface area contributed by atoms with E-state index in [1.54, 1.807) is 19.2 Å². The monoisotopic (exact) mass is 384 g/mol. The molecular weight excluding hydrogens is 360 g/mol. The lowest BCUT2D eigenvalue weighted by atomic mass is 10.0. The van der Waals surface area contributed by atoms with Crippen molar-refractivity contribution in [3.8, 4) is 17.2 Å². The van der Waals surface area contributed by atoms with Crippen LogP contribution < -0.4 is 25.8 Å². The Morgan fingerprint density at radius 3 is 2.79 bits per heavy atom. The number of hydrogen-bond donors (Lipinski definition) is 4. The van der Waals surface area contributed by atoms with Crippen LogP contribution in [0.15, 0.2) is 47.6 Å². The van der Waals surface area contributed by atoms with Crippen LogP contribution in [0.2, 0.25) is 0 Å². The highest BCUT2D eigenvalue weighted by Crippen LogP contribution is 2.26. The van der Waals surface area contributed by atoms with E-state index in [1.807, 2.05) is 31.2 Å². The number of rotatable bonds is 7. The van der Waals surface area contributed by atoms with Gasteiger partial charge >= 0.3 is 0 Å². The Morgan fingerprint density at radius 1 is 1.29 bits per heavy atom. The molecule has 0 saturated carbocycles. The summed E-state index contributed by atoms with van der Waals surface area (Å²) in [6.45, 7) is 2.28. The number of amides is 1. The molecule has 2 aromatic rings. The lowest BCUT2D eigenvalue weighted by Crippen LogP contribution is -2.41. The second kappa shape index (κ2) is 9.20. The van der Waals surface area contributed by atoms with Gasteiger partial charge in [0.15, 0.2) is 11.5 Å². The number of hydrazine groups is 1. The van der Waals surface area contributed by atoms with Crippen molar-refractivity contribution in [2.75, 3.05) is 13.7 Å². The summed E-state index contributed by atoms with van der Waals surface area (Å²) in [6, 6.07) is 12.2. The normalized spacial score (nSPS) is 18.9. The summed E-state index contributed by atoms with van der Waals surface area (Å²) in [6.07, 6.45) is 2.10. The number of carbonyl (C=O) groups excluding carboxylic acids is 1. The Hall–Kier alpha value is -3.10. The van der Waals surface area contributed by atoms with Gasteiger partial charge in [-0.25, -0.2) is 16.3 Å². The van der Waals surface area contributed by atoms with Gasteiger partial charge in [0.2, 0.25) is 0 Å².